The van der Waals surface area contributed by atoms with Crippen molar-refractivity contribution >= 4 is 35.0 Å². The first-order valence-electron chi connectivity index (χ1n) is 8.05. The second-order valence-electron chi connectivity index (χ2n) is 5.70. The van der Waals surface area contributed by atoms with E-state index < -0.39 is 39.8 Å². The maximum atomic E-state index is 13.6. The van der Waals surface area contributed by atoms with E-state index in [1.807, 2.05) is 0 Å². The highest BCUT2D eigenvalue weighted by Gasteiger charge is 2.23. The van der Waals surface area contributed by atoms with Crippen LogP contribution >= 0.6 is 11.8 Å². The van der Waals surface area contributed by atoms with Crippen molar-refractivity contribution in [2.75, 3.05) is 5.32 Å². The maximum Gasteiger partial charge on any atom is 0.319 e. The molecule has 0 spiro atoms. The van der Waals surface area contributed by atoms with Gasteiger partial charge < -0.3 is 10.1 Å². The summed E-state index contributed by atoms with van der Waals surface area (Å²) in [6.07, 6.45) is -1.24. The Morgan fingerprint density at radius 3 is 2.39 bits per heavy atom. The second-order valence-corrected chi connectivity index (χ2v) is 7.12. The molecule has 2 rings (SSSR count). The van der Waals surface area contributed by atoms with Crippen molar-refractivity contribution in [1.29, 1.82) is 0 Å². The minimum absolute atomic E-state index is 0.0746. The number of nitrogens with zero attached hydrogens (tertiary/aromatic N) is 1. The summed E-state index contributed by atoms with van der Waals surface area (Å²) in [6, 6.07) is 8.20. The van der Waals surface area contributed by atoms with Gasteiger partial charge >= 0.3 is 5.97 Å². The highest BCUT2D eigenvalue weighted by molar-refractivity contribution is 8.00. The molecule has 0 heterocycles. The van der Waals surface area contributed by atoms with E-state index in [0.29, 0.717) is 4.90 Å². The molecule has 0 saturated heterocycles. The van der Waals surface area contributed by atoms with Crippen LogP contribution in [-0.2, 0) is 14.3 Å². The molecule has 0 bridgehead atoms. The highest BCUT2D eigenvalue weighted by atomic mass is 32.2. The van der Waals surface area contributed by atoms with E-state index in [4.69, 9.17) is 4.74 Å². The van der Waals surface area contributed by atoms with Crippen molar-refractivity contribution < 1.29 is 28.0 Å². The molecular weight excluding hydrogens is 394 g/mol. The zero-order chi connectivity index (χ0) is 20.8. The Balaban J connectivity index is 1.92. The summed E-state index contributed by atoms with van der Waals surface area (Å²) >= 11 is 1.10. The molecule has 1 N–H and O–H groups in total. The first-order valence-corrected chi connectivity index (χ1v) is 8.93. The van der Waals surface area contributed by atoms with Gasteiger partial charge in [-0.1, -0.05) is 0 Å². The highest BCUT2D eigenvalue weighted by Crippen LogP contribution is 2.26. The molecule has 2 aromatic carbocycles. The average Bonchev–Trinajstić information content (AvgIpc) is 2.64. The van der Waals surface area contributed by atoms with Gasteiger partial charge in [0.15, 0.2) is 6.10 Å². The summed E-state index contributed by atoms with van der Waals surface area (Å²) < 4.78 is 31.8. The molecule has 0 radical (unpaired) electrons. The number of carbonyl (C=O) groups is 2. The number of halogens is 2. The number of thioether (sulfide) groups is 1. The van der Waals surface area contributed by atoms with Crippen LogP contribution in [0.25, 0.3) is 0 Å². The number of hydrogen-bond donors (Lipinski definition) is 1. The number of benzene rings is 2. The van der Waals surface area contributed by atoms with Gasteiger partial charge in [-0.25, -0.2) is 8.78 Å². The number of nitro groups is 1. The van der Waals surface area contributed by atoms with Crippen LogP contribution in [0.2, 0.25) is 0 Å². The van der Waals surface area contributed by atoms with Crippen molar-refractivity contribution in [3.05, 3.63) is 64.2 Å². The van der Waals surface area contributed by atoms with Gasteiger partial charge in [0.2, 0.25) is 0 Å². The lowest BCUT2D eigenvalue weighted by atomic mass is 10.2. The van der Waals surface area contributed by atoms with Crippen molar-refractivity contribution in [3.63, 3.8) is 0 Å². The predicted molar refractivity (Wildman–Crippen MR) is 99.0 cm³/mol. The number of nitrogens with one attached hydrogen (secondary N) is 1. The van der Waals surface area contributed by atoms with Crippen LogP contribution in [0.1, 0.15) is 13.8 Å². The van der Waals surface area contributed by atoms with Crippen molar-refractivity contribution in [2.24, 2.45) is 0 Å². The molecular formula is C18H16F2N2O5S. The Hall–Kier alpha value is -3.01. The third kappa shape index (κ3) is 5.74. The quantitative estimate of drug-likeness (QED) is 0.321. The summed E-state index contributed by atoms with van der Waals surface area (Å²) in [5.74, 6) is -3.07. The molecule has 0 aliphatic carbocycles. The number of rotatable bonds is 7. The Labute approximate surface area is 163 Å². The molecule has 0 saturated carbocycles. The van der Waals surface area contributed by atoms with Gasteiger partial charge in [0, 0.05) is 23.1 Å². The summed E-state index contributed by atoms with van der Waals surface area (Å²) in [6.45, 7) is 2.85. The third-order valence-corrected chi connectivity index (χ3v) is 4.63. The summed E-state index contributed by atoms with van der Waals surface area (Å²) in [4.78, 5) is 34.9. The summed E-state index contributed by atoms with van der Waals surface area (Å²) in [7, 11) is 0. The molecule has 0 unspecified atom stereocenters. The molecule has 0 aliphatic rings. The van der Waals surface area contributed by atoms with E-state index in [2.05, 4.69) is 5.32 Å². The fraction of sp³-hybridized carbons (Fsp3) is 0.222. The molecule has 2 atom stereocenters. The van der Waals surface area contributed by atoms with Gasteiger partial charge in [0.05, 0.1) is 10.6 Å². The number of hydrogen-bond acceptors (Lipinski definition) is 6. The number of nitro benzene ring substituents is 1. The van der Waals surface area contributed by atoms with Crippen LogP contribution in [0, 0.1) is 21.7 Å². The minimum atomic E-state index is -1.24. The van der Waals surface area contributed by atoms with E-state index >= 15 is 0 Å². The van der Waals surface area contributed by atoms with E-state index in [0.717, 1.165) is 30.0 Å². The Bertz CT molecular complexity index is 892. The lowest BCUT2D eigenvalue weighted by molar-refractivity contribution is -0.384. The summed E-state index contributed by atoms with van der Waals surface area (Å²) in [5, 5.41) is 12.1. The van der Waals surface area contributed by atoms with Crippen LogP contribution < -0.4 is 5.32 Å². The average molecular weight is 410 g/mol. The molecule has 0 fully saturated rings. The monoisotopic (exact) mass is 410 g/mol. The third-order valence-electron chi connectivity index (χ3n) is 3.54. The molecule has 0 aromatic heterocycles. The van der Waals surface area contributed by atoms with Crippen molar-refractivity contribution in [2.45, 2.75) is 30.1 Å². The number of anilines is 1. The van der Waals surface area contributed by atoms with Gasteiger partial charge in [-0.3, -0.25) is 19.7 Å². The molecule has 1 amide bonds. The largest absolute Gasteiger partial charge is 0.452 e. The molecule has 148 valence electrons. The normalized spacial score (nSPS) is 12.7. The first-order chi connectivity index (χ1) is 13.2. The van der Waals surface area contributed by atoms with Crippen LogP contribution in [0.4, 0.5) is 20.2 Å². The molecule has 7 nitrogen and oxygen atoms in total. The van der Waals surface area contributed by atoms with Gasteiger partial charge in [-0.05, 0) is 38.1 Å². The summed E-state index contributed by atoms with van der Waals surface area (Å²) in [5.41, 5.74) is -0.435. The number of esters is 1. The van der Waals surface area contributed by atoms with E-state index in [1.165, 1.54) is 31.2 Å². The SMILES string of the molecule is C[C@H](OC(=O)[C@@H](C)Sc1ccc([N+](=O)[O-])cc1)C(=O)Nc1cc(F)ccc1F. The molecule has 0 aliphatic heterocycles. The van der Waals surface area contributed by atoms with E-state index in [9.17, 15) is 28.5 Å². The van der Waals surface area contributed by atoms with Gasteiger partial charge in [-0.2, -0.15) is 0 Å². The minimum Gasteiger partial charge on any atom is -0.452 e. The Morgan fingerprint density at radius 2 is 1.79 bits per heavy atom. The molecule has 2 aromatic rings. The van der Waals surface area contributed by atoms with Gasteiger partial charge in [-0.15, -0.1) is 11.8 Å². The number of carbonyl (C=O) groups excluding carboxylic acids is 2. The standard InChI is InChI=1S/C18H16F2N2O5S/c1-10(17(23)21-16-9-12(19)3-8-15(16)20)27-18(24)11(2)28-14-6-4-13(5-7-14)22(25)26/h3-11H,1-2H3,(H,21,23)/t10-,11+/m0/s1. The van der Waals surface area contributed by atoms with Crippen LogP contribution in [0.15, 0.2) is 47.4 Å². The van der Waals surface area contributed by atoms with Gasteiger partial charge in [0.25, 0.3) is 11.6 Å². The number of ether oxygens (including phenoxy) is 1. The first kappa shape index (κ1) is 21.3. The lowest BCUT2D eigenvalue weighted by Crippen LogP contribution is -2.32. The van der Waals surface area contributed by atoms with E-state index in [1.54, 1.807) is 6.92 Å². The van der Waals surface area contributed by atoms with E-state index in [-0.39, 0.29) is 11.4 Å². The topological polar surface area (TPSA) is 98.5 Å². The molecule has 28 heavy (non-hydrogen) atoms. The van der Waals surface area contributed by atoms with Crippen molar-refractivity contribution in [1.82, 2.24) is 0 Å². The smallest absolute Gasteiger partial charge is 0.319 e. The second kappa shape index (κ2) is 9.27. The fourth-order valence-electron chi connectivity index (χ4n) is 2.05. The Morgan fingerprint density at radius 1 is 1.14 bits per heavy atom. The number of amides is 1. The van der Waals surface area contributed by atoms with Crippen molar-refractivity contribution in [3.8, 4) is 0 Å². The lowest BCUT2D eigenvalue weighted by Gasteiger charge is -2.16. The maximum absolute atomic E-state index is 13.6. The zero-order valence-corrected chi connectivity index (χ0v) is 15.7. The van der Waals surface area contributed by atoms with Crippen LogP contribution in [0.3, 0.4) is 0 Å². The van der Waals surface area contributed by atoms with Crippen LogP contribution in [0.5, 0.6) is 0 Å². The van der Waals surface area contributed by atoms with Gasteiger partial charge in [0.1, 0.15) is 16.9 Å². The number of non-ortho nitro benzene ring substituents is 1. The van der Waals surface area contributed by atoms with Crippen LogP contribution in [-0.4, -0.2) is 28.2 Å². The zero-order valence-electron chi connectivity index (χ0n) is 14.8. The Kier molecular flexibility index (Phi) is 7.05. The molecule has 10 heteroatoms. The fourth-order valence-corrected chi connectivity index (χ4v) is 2.90. The predicted octanol–water partition coefficient (Wildman–Crippen LogP) is 3.92.